The predicted molar refractivity (Wildman–Crippen MR) is 74.3 cm³/mol. The first-order valence-electron chi connectivity index (χ1n) is 6.77. The number of hydrogen-bond donors (Lipinski definition) is 1. The fourth-order valence-corrected chi connectivity index (χ4v) is 3.20. The van der Waals surface area contributed by atoms with Crippen LogP contribution in [0.5, 0.6) is 0 Å². The first-order valence-corrected chi connectivity index (χ1v) is 8.42. The van der Waals surface area contributed by atoms with Gasteiger partial charge >= 0.3 is 0 Å². The standard InChI is InChI=1S/C12H22N4O2S/c1-2-19(17,18)14-12-3-6-15(7-4-12)9-10-16-8-5-13-11-16/h5,8,11-12,14H,2-4,6-7,9-10H2,1H3. The van der Waals surface area contributed by atoms with Gasteiger partial charge in [-0.15, -0.1) is 0 Å². The molecule has 0 amide bonds. The van der Waals surface area contributed by atoms with Crippen LogP contribution in [0, 0.1) is 0 Å². The molecule has 19 heavy (non-hydrogen) atoms. The zero-order valence-electron chi connectivity index (χ0n) is 11.3. The lowest BCUT2D eigenvalue weighted by molar-refractivity contribution is 0.200. The molecule has 1 aliphatic rings. The number of nitrogens with zero attached hydrogens (tertiary/aromatic N) is 3. The van der Waals surface area contributed by atoms with Crippen LogP contribution in [0.4, 0.5) is 0 Å². The highest BCUT2D eigenvalue weighted by Gasteiger charge is 2.22. The number of hydrogen-bond acceptors (Lipinski definition) is 4. The van der Waals surface area contributed by atoms with Gasteiger partial charge < -0.3 is 9.47 Å². The van der Waals surface area contributed by atoms with Gasteiger partial charge in [0.05, 0.1) is 12.1 Å². The molecule has 108 valence electrons. The Hall–Kier alpha value is -0.920. The average Bonchev–Trinajstić information content (AvgIpc) is 2.91. The molecule has 2 heterocycles. The number of imidazole rings is 1. The maximum Gasteiger partial charge on any atom is 0.211 e. The van der Waals surface area contributed by atoms with Crippen LogP contribution in [-0.2, 0) is 16.6 Å². The van der Waals surface area contributed by atoms with Crippen LogP contribution >= 0.6 is 0 Å². The lowest BCUT2D eigenvalue weighted by atomic mass is 10.1. The summed E-state index contributed by atoms with van der Waals surface area (Å²) >= 11 is 0. The summed E-state index contributed by atoms with van der Waals surface area (Å²) in [5, 5.41) is 0. The Morgan fingerprint density at radius 1 is 1.32 bits per heavy atom. The van der Waals surface area contributed by atoms with Crippen molar-refractivity contribution in [1.82, 2.24) is 19.2 Å². The van der Waals surface area contributed by atoms with Crippen molar-refractivity contribution in [3.8, 4) is 0 Å². The van der Waals surface area contributed by atoms with Gasteiger partial charge in [0.1, 0.15) is 0 Å². The van der Waals surface area contributed by atoms with Crippen molar-refractivity contribution < 1.29 is 8.42 Å². The van der Waals surface area contributed by atoms with E-state index in [0.717, 1.165) is 39.0 Å². The Bertz CT molecular complexity index is 464. The Balaban J connectivity index is 1.70. The molecule has 0 unspecified atom stereocenters. The number of rotatable bonds is 6. The molecule has 7 heteroatoms. The second-order valence-corrected chi connectivity index (χ2v) is 6.98. The third-order valence-corrected chi connectivity index (χ3v) is 5.00. The minimum Gasteiger partial charge on any atom is -0.336 e. The summed E-state index contributed by atoms with van der Waals surface area (Å²) in [5.74, 6) is 0.161. The van der Waals surface area contributed by atoms with Crippen molar-refractivity contribution in [3.63, 3.8) is 0 Å². The van der Waals surface area contributed by atoms with Crippen LogP contribution in [0.2, 0.25) is 0 Å². The summed E-state index contributed by atoms with van der Waals surface area (Å²) in [6.45, 7) is 5.49. The van der Waals surface area contributed by atoms with E-state index in [0.29, 0.717) is 0 Å². The first-order chi connectivity index (χ1) is 9.09. The van der Waals surface area contributed by atoms with Gasteiger partial charge in [0.15, 0.2) is 0 Å². The molecule has 0 radical (unpaired) electrons. The van der Waals surface area contributed by atoms with E-state index >= 15 is 0 Å². The van der Waals surface area contributed by atoms with Gasteiger partial charge in [0, 0.05) is 31.5 Å². The van der Waals surface area contributed by atoms with Crippen molar-refractivity contribution >= 4 is 10.0 Å². The van der Waals surface area contributed by atoms with E-state index in [-0.39, 0.29) is 11.8 Å². The van der Waals surface area contributed by atoms with Crippen molar-refractivity contribution in [2.45, 2.75) is 32.4 Å². The monoisotopic (exact) mass is 286 g/mol. The molecular formula is C12H22N4O2S. The highest BCUT2D eigenvalue weighted by molar-refractivity contribution is 7.89. The minimum atomic E-state index is -3.07. The summed E-state index contributed by atoms with van der Waals surface area (Å²) in [6, 6.07) is 0.106. The van der Waals surface area contributed by atoms with E-state index in [4.69, 9.17) is 0 Å². The second kappa shape index (κ2) is 6.49. The molecule has 0 aromatic carbocycles. The summed E-state index contributed by atoms with van der Waals surface area (Å²) in [4.78, 5) is 6.39. The Labute approximate surface area is 114 Å². The molecule has 1 fully saturated rings. The van der Waals surface area contributed by atoms with Crippen molar-refractivity contribution in [1.29, 1.82) is 0 Å². The molecule has 6 nitrogen and oxygen atoms in total. The third-order valence-electron chi connectivity index (χ3n) is 3.55. The van der Waals surface area contributed by atoms with E-state index in [9.17, 15) is 8.42 Å². The molecule has 1 aliphatic heterocycles. The minimum absolute atomic E-state index is 0.106. The van der Waals surface area contributed by atoms with E-state index in [1.54, 1.807) is 13.1 Å². The molecule has 2 rings (SSSR count). The van der Waals surface area contributed by atoms with Gasteiger partial charge in [-0.1, -0.05) is 0 Å². The van der Waals surface area contributed by atoms with Gasteiger partial charge in [-0.3, -0.25) is 0 Å². The molecule has 0 atom stereocenters. The van der Waals surface area contributed by atoms with Crippen LogP contribution in [0.1, 0.15) is 19.8 Å². The molecule has 0 spiro atoms. The van der Waals surface area contributed by atoms with Gasteiger partial charge in [0.25, 0.3) is 0 Å². The Kier molecular flexibility index (Phi) is 4.95. The van der Waals surface area contributed by atoms with E-state index in [2.05, 4.69) is 19.2 Å². The number of piperidine rings is 1. The normalized spacial score (nSPS) is 18.8. The van der Waals surface area contributed by atoms with Crippen LogP contribution < -0.4 is 4.72 Å². The average molecular weight is 286 g/mol. The summed E-state index contributed by atoms with van der Waals surface area (Å²) in [5.41, 5.74) is 0. The summed E-state index contributed by atoms with van der Waals surface area (Å²) in [6.07, 6.45) is 7.35. The molecule has 1 aromatic rings. The SMILES string of the molecule is CCS(=O)(=O)NC1CCN(CCn2ccnc2)CC1. The molecule has 1 N–H and O–H groups in total. The Morgan fingerprint density at radius 2 is 2.05 bits per heavy atom. The fourth-order valence-electron chi connectivity index (χ4n) is 2.29. The van der Waals surface area contributed by atoms with Crippen LogP contribution in [0.25, 0.3) is 0 Å². The van der Waals surface area contributed by atoms with Gasteiger partial charge in [-0.2, -0.15) is 0 Å². The van der Waals surface area contributed by atoms with Gasteiger partial charge in [-0.05, 0) is 32.9 Å². The van der Waals surface area contributed by atoms with E-state index in [1.165, 1.54) is 0 Å². The van der Waals surface area contributed by atoms with Crippen molar-refractivity contribution in [2.75, 3.05) is 25.4 Å². The number of nitrogens with one attached hydrogen (secondary N) is 1. The zero-order valence-corrected chi connectivity index (χ0v) is 12.1. The largest absolute Gasteiger partial charge is 0.336 e. The predicted octanol–water partition coefficient (Wildman–Crippen LogP) is 0.287. The quantitative estimate of drug-likeness (QED) is 0.816. The van der Waals surface area contributed by atoms with E-state index < -0.39 is 10.0 Å². The van der Waals surface area contributed by atoms with Crippen LogP contribution in [0.3, 0.4) is 0 Å². The lowest BCUT2D eigenvalue weighted by Crippen LogP contribution is -2.45. The van der Waals surface area contributed by atoms with Crippen molar-refractivity contribution in [2.24, 2.45) is 0 Å². The number of aromatic nitrogens is 2. The van der Waals surface area contributed by atoms with Gasteiger partial charge in [-0.25, -0.2) is 18.1 Å². The third kappa shape index (κ3) is 4.59. The lowest BCUT2D eigenvalue weighted by Gasteiger charge is -2.32. The summed E-state index contributed by atoms with van der Waals surface area (Å²) in [7, 11) is -3.07. The van der Waals surface area contributed by atoms with Crippen molar-refractivity contribution in [3.05, 3.63) is 18.7 Å². The molecule has 1 aromatic heterocycles. The van der Waals surface area contributed by atoms with E-state index in [1.807, 2.05) is 12.5 Å². The van der Waals surface area contributed by atoms with Crippen LogP contribution in [0.15, 0.2) is 18.7 Å². The molecule has 0 saturated carbocycles. The second-order valence-electron chi connectivity index (χ2n) is 4.94. The molecule has 0 bridgehead atoms. The number of likely N-dealkylation sites (tertiary alicyclic amines) is 1. The molecule has 0 aliphatic carbocycles. The fraction of sp³-hybridized carbons (Fsp3) is 0.750. The molecular weight excluding hydrogens is 264 g/mol. The topological polar surface area (TPSA) is 67.2 Å². The smallest absolute Gasteiger partial charge is 0.211 e. The zero-order chi connectivity index (χ0) is 13.7. The molecule has 1 saturated heterocycles. The Morgan fingerprint density at radius 3 is 2.63 bits per heavy atom. The maximum atomic E-state index is 11.5. The maximum absolute atomic E-state index is 11.5. The number of sulfonamides is 1. The van der Waals surface area contributed by atoms with Gasteiger partial charge in [0.2, 0.25) is 10.0 Å². The highest BCUT2D eigenvalue weighted by atomic mass is 32.2. The highest BCUT2D eigenvalue weighted by Crippen LogP contribution is 2.11. The first kappa shape index (κ1) is 14.5. The van der Waals surface area contributed by atoms with Crippen LogP contribution in [-0.4, -0.2) is 54.3 Å². The summed E-state index contributed by atoms with van der Waals surface area (Å²) < 4.78 is 27.8.